The van der Waals surface area contributed by atoms with Crippen molar-refractivity contribution >= 4 is 17.9 Å². The third-order valence-electron chi connectivity index (χ3n) is 4.99. The molecule has 9 nitrogen and oxygen atoms in total. The molecule has 4 rings (SSSR count). The van der Waals surface area contributed by atoms with Crippen LogP contribution in [0.1, 0.15) is 5.56 Å². The summed E-state index contributed by atoms with van der Waals surface area (Å²) in [6, 6.07) is 8.81. The Hall–Kier alpha value is -3.53. The van der Waals surface area contributed by atoms with Crippen molar-refractivity contribution in [3.8, 4) is 0 Å². The second-order valence-corrected chi connectivity index (χ2v) is 7.65. The number of nitrogens with zero attached hydrogens (tertiary/aromatic N) is 4. The molecule has 0 saturated carbocycles. The topological polar surface area (TPSA) is 116 Å². The normalized spacial score (nSPS) is 19.6. The predicted octanol–water partition coefficient (Wildman–Crippen LogP) is 2.97. The summed E-state index contributed by atoms with van der Waals surface area (Å²) in [5.41, 5.74) is 1.12. The molecule has 1 aromatic carbocycles. The number of hydrogen-bond donors (Lipinski definition) is 2. The number of carboxylic acid groups (broad SMARTS) is 2. The summed E-state index contributed by atoms with van der Waals surface area (Å²) in [7, 11) is 0. The Kier molecular flexibility index (Phi) is 10.1. The number of aromatic nitrogens is 2. The van der Waals surface area contributed by atoms with Crippen molar-refractivity contribution in [3.63, 3.8) is 0 Å². The van der Waals surface area contributed by atoms with E-state index < -0.39 is 24.3 Å². The summed E-state index contributed by atoms with van der Waals surface area (Å²) in [6.45, 7) is 4.10. The van der Waals surface area contributed by atoms with E-state index in [9.17, 15) is 30.7 Å². The van der Waals surface area contributed by atoms with Gasteiger partial charge >= 0.3 is 24.3 Å². The molecule has 0 unspecified atom stereocenters. The maximum Gasteiger partial charge on any atom is 0.490 e. The molecule has 0 spiro atoms. The maximum absolute atomic E-state index is 13.0. The van der Waals surface area contributed by atoms with E-state index >= 15 is 0 Å². The highest BCUT2D eigenvalue weighted by Crippen LogP contribution is 2.26. The lowest BCUT2D eigenvalue weighted by atomic mass is 10.1. The molecule has 2 aromatic rings. The first-order valence-corrected chi connectivity index (χ1v) is 10.4. The van der Waals surface area contributed by atoms with Gasteiger partial charge in [0, 0.05) is 38.6 Å². The Balaban J connectivity index is 0.000000286. The zero-order valence-electron chi connectivity index (χ0n) is 18.8. The van der Waals surface area contributed by atoms with E-state index in [4.69, 9.17) is 24.5 Å². The first kappa shape index (κ1) is 29.7. The van der Waals surface area contributed by atoms with Crippen molar-refractivity contribution < 1.29 is 55.3 Å². The number of hydrogen-bond acceptors (Lipinski definition) is 7. The van der Waals surface area contributed by atoms with Crippen LogP contribution in [-0.4, -0.2) is 87.8 Å². The average molecular weight is 542 g/mol. The van der Waals surface area contributed by atoms with Gasteiger partial charge in [0.25, 0.3) is 0 Å². The average Bonchev–Trinajstić information content (AvgIpc) is 3.23. The highest BCUT2D eigenvalue weighted by Gasteiger charge is 2.41. The summed E-state index contributed by atoms with van der Waals surface area (Å²) >= 11 is 0. The molecule has 2 N–H and O–H groups in total. The van der Waals surface area contributed by atoms with Gasteiger partial charge in [-0.2, -0.15) is 26.3 Å². The Morgan fingerprint density at radius 2 is 1.46 bits per heavy atom. The molecule has 2 saturated heterocycles. The third-order valence-corrected chi connectivity index (χ3v) is 4.99. The van der Waals surface area contributed by atoms with Crippen LogP contribution in [0.4, 0.5) is 36.7 Å². The molecule has 0 aliphatic carbocycles. The van der Waals surface area contributed by atoms with Crippen LogP contribution in [0.5, 0.6) is 0 Å². The van der Waals surface area contributed by atoms with E-state index in [1.54, 1.807) is 12.4 Å². The van der Waals surface area contributed by atoms with E-state index in [1.807, 2.05) is 18.2 Å². The van der Waals surface area contributed by atoms with Gasteiger partial charge in [-0.1, -0.05) is 12.1 Å². The van der Waals surface area contributed by atoms with Crippen molar-refractivity contribution in [2.24, 2.45) is 0 Å². The van der Waals surface area contributed by atoms with Gasteiger partial charge in [-0.05, 0) is 23.8 Å². The van der Waals surface area contributed by atoms with Crippen molar-refractivity contribution in [2.45, 2.75) is 31.0 Å². The standard InChI is InChI=1S/C17H19FN4O.2C2HF3O2/c18-14-4-2-13(3-5-14)10-21-11-15-16(12-21)23-9-8-22(15)17-19-6-1-7-20-17;2*3-2(4,5)1(6)7/h1-7,15-16H,8-12H2;2*(H,6,7)/t15-,16+;;/m1../s1. The number of morpholine rings is 1. The Morgan fingerprint density at radius 1 is 0.946 bits per heavy atom. The van der Waals surface area contributed by atoms with E-state index in [0.29, 0.717) is 6.61 Å². The quantitative estimate of drug-likeness (QED) is 0.565. The van der Waals surface area contributed by atoms with E-state index in [0.717, 1.165) is 37.7 Å². The molecule has 2 aliphatic rings. The molecule has 2 aliphatic heterocycles. The van der Waals surface area contributed by atoms with Gasteiger partial charge in [0.05, 0.1) is 18.8 Å². The van der Waals surface area contributed by atoms with E-state index in [1.165, 1.54) is 12.1 Å². The SMILES string of the molecule is Fc1ccc(CN2C[C@@H]3OCCN(c4ncccn4)[C@@H]3C2)cc1.O=C(O)C(F)(F)F.O=C(O)C(F)(F)F. The number of fused-ring (bicyclic) bond motifs is 1. The highest BCUT2D eigenvalue weighted by atomic mass is 19.4. The van der Waals surface area contributed by atoms with Gasteiger partial charge in [-0.15, -0.1) is 0 Å². The summed E-state index contributed by atoms with van der Waals surface area (Å²) in [5.74, 6) is -4.94. The Bertz CT molecular complexity index is 999. The molecule has 204 valence electrons. The summed E-state index contributed by atoms with van der Waals surface area (Å²) in [5, 5.41) is 14.2. The number of alkyl halides is 6. The summed E-state index contributed by atoms with van der Waals surface area (Å²) in [4.78, 5) is 31.2. The molecule has 2 atom stereocenters. The molecule has 1 aromatic heterocycles. The second kappa shape index (κ2) is 12.6. The van der Waals surface area contributed by atoms with Gasteiger partial charge in [0.2, 0.25) is 5.95 Å². The zero-order chi connectivity index (χ0) is 27.8. The second-order valence-electron chi connectivity index (χ2n) is 7.65. The fourth-order valence-corrected chi connectivity index (χ4v) is 3.43. The van der Waals surface area contributed by atoms with Crippen molar-refractivity contribution in [1.29, 1.82) is 0 Å². The molecular formula is C21H21F7N4O5. The van der Waals surface area contributed by atoms with E-state index in [2.05, 4.69) is 19.8 Å². The molecule has 16 heteroatoms. The van der Waals surface area contributed by atoms with Crippen LogP contribution in [0.15, 0.2) is 42.7 Å². The van der Waals surface area contributed by atoms with Crippen LogP contribution < -0.4 is 4.90 Å². The number of aliphatic carboxylic acids is 2. The third kappa shape index (κ3) is 9.45. The smallest absolute Gasteiger partial charge is 0.475 e. The van der Waals surface area contributed by atoms with Crippen LogP contribution in [0.25, 0.3) is 0 Å². The van der Waals surface area contributed by atoms with Crippen molar-refractivity contribution in [2.75, 3.05) is 31.1 Å². The number of anilines is 1. The van der Waals surface area contributed by atoms with Crippen molar-refractivity contribution in [1.82, 2.24) is 14.9 Å². The van der Waals surface area contributed by atoms with Crippen LogP contribution in [0.3, 0.4) is 0 Å². The molecule has 0 radical (unpaired) electrons. The minimum absolute atomic E-state index is 0.174. The van der Waals surface area contributed by atoms with Crippen LogP contribution in [0.2, 0.25) is 0 Å². The largest absolute Gasteiger partial charge is 0.490 e. The lowest BCUT2D eigenvalue weighted by Gasteiger charge is -2.36. The molecular weight excluding hydrogens is 521 g/mol. The first-order valence-electron chi connectivity index (χ1n) is 10.4. The van der Waals surface area contributed by atoms with Crippen molar-refractivity contribution in [3.05, 3.63) is 54.1 Å². The molecule has 37 heavy (non-hydrogen) atoms. The van der Waals surface area contributed by atoms with Gasteiger partial charge < -0.3 is 19.8 Å². The summed E-state index contributed by atoms with van der Waals surface area (Å²) < 4.78 is 82.4. The number of halogens is 7. The molecule has 0 bridgehead atoms. The minimum Gasteiger partial charge on any atom is -0.475 e. The molecule has 0 amide bonds. The van der Waals surface area contributed by atoms with Gasteiger partial charge in [0.1, 0.15) is 5.82 Å². The Morgan fingerprint density at radius 3 is 1.95 bits per heavy atom. The number of likely N-dealkylation sites (tertiary alicyclic amines) is 1. The first-order chi connectivity index (χ1) is 17.2. The highest BCUT2D eigenvalue weighted by molar-refractivity contribution is 5.73. The molecule has 2 fully saturated rings. The number of carbonyl (C=O) groups is 2. The van der Waals surface area contributed by atoms with Crippen LogP contribution in [0, 0.1) is 5.82 Å². The van der Waals surface area contributed by atoms with Gasteiger partial charge in [-0.25, -0.2) is 23.9 Å². The lowest BCUT2D eigenvalue weighted by Crippen LogP contribution is -2.51. The fraction of sp³-hybridized carbons (Fsp3) is 0.429. The van der Waals surface area contributed by atoms with Crippen LogP contribution in [-0.2, 0) is 20.9 Å². The Labute approximate surface area is 205 Å². The van der Waals surface area contributed by atoms with Crippen LogP contribution >= 0.6 is 0 Å². The number of rotatable bonds is 3. The maximum atomic E-state index is 13.0. The van der Waals surface area contributed by atoms with E-state index in [-0.39, 0.29) is 18.0 Å². The monoisotopic (exact) mass is 542 g/mol. The lowest BCUT2D eigenvalue weighted by molar-refractivity contribution is -0.193. The number of ether oxygens (including phenoxy) is 1. The van der Waals surface area contributed by atoms with Gasteiger partial charge in [-0.3, -0.25) is 4.90 Å². The molecule has 3 heterocycles. The summed E-state index contributed by atoms with van der Waals surface area (Å²) in [6.07, 6.45) is -6.44. The van der Waals surface area contributed by atoms with Gasteiger partial charge in [0.15, 0.2) is 0 Å². The minimum atomic E-state index is -5.08. The zero-order valence-corrected chi connectivity index (χ0v) is 18.8. The predicted molar refractivity (Wildman–Crippen MR) is 112 cm³/mol. The number of benzene rings is 1. The fourth-order valence-electron chi connectivity index (χ4n) is 3.43. The number of carboxylic acids is 2.